The van der Waals surface area contributed by atoms with Gasteiger partial charge in [0.1, 0.15) is 5.75 Å². The molecule has 2 N–H and O–H groups in total. The Labute approximate surface area is 122 Å². The first kappa shape index (κ1) is 16.3. The predicted molar refractivity (Wildman–Crippen MR) is 83.3 cm³/mol. The molecule has 2 nitrogen and oxygen atoms in total. The van der Waals surface area contributed by atoms with Crippen LogP contribution in [0.15, 0.2) is 12.1 Å². The monoisotopic (exact) mass is 283 g/mol. The minimum absolute atomic E-state index is 0.000460. The molecule has 0 aliphatic heterocycles. The predicted octanol–water partition coefficient (Wildman–Crippen LogP) is 4.32. The van der Waals surface area contributed by atoms with Gasteiger partial charge in [-0.2, -0.15) is 0 Å². The van der Waals surface area contributed by atoms with Gasteiger partial charge in [-0.15, -0.1) is 0 Å². The molecule has 108 valence electrons. The first-order chi connectivity index (χ1) is 8.79. The maximum Gasteiger partial charge on any atom is 0.141 e. The van der Waals surface area contributed by atoms with Gasteiger partial charge in [-0.25, -0.2) is 0 Å². The Morgan fingerprint density at radius 3 is 2.37 bits per heavy atom. The van der Waals surface area contributed by atoms with Gasteiger partial charge in [0.2, 0.25) is 0 Å². The van der Waals surface area contributed by atoms with Crippen molar-refractivity contribution >= 4 is 11.6 Å². The van der Waals surface area contributed by atoms with Crippen molar-refractivity contribution in [3.05, 3.63) is 28.3 Å². The number of ether oxygens (including phenoxy) is 1. The lowest BCUT2D eigenvalue weighted by molar-refractivity contribution is 0.330. The Morgan fingerprint density at radius 1 is 1.26 bits per heavy atom. The number of hydrogen-bond donors (Lipinski definition) is 1. The van der Waals surface area contributed by atoms with Crippen molar-refractivity contribution in [1.29, 1.82) is 0 Å². The molecule has 3 heteroatoms. The first-order valence-corrected chi connectivity index (χ1v) is 7.38. The zero-order valence-corrected chi connectivity index (χ0v) is 13.5. The Morgan fingerprint density at radius 2 is 1.89 bits per heavy atom. The van der Waals surface area contributed by atoms with E-state index in [9.17, 15) is 0 Å². The van der Waals surface area contributed by atoms with E-state index in [0.717, 1.165) is 24.2 Å². The third kappa shape index (κ3) is 4.39. The number of nitrogens with two attached hydrogens (primary N) is 1. The highest BCUT2D eigenvalue weighted by molar-refractivity contribution is 6.32. The second kappa shape index (κ2) is 6.62. The second-order valence-electron chi connectivity index (χ2n) is 6.01. The van der Waals surface area contributed by atoms with Gasteiger partial charge in [0.15, 0.2) is 0 Å². The van der Waals surface area contributed by atoms with Gasteiger partial charge in [-0.05, 0) is 36.8 Å². The van der Waals surface area contributed by atoms with E-state index in [0.29, 0.717) is 11.6 Å². The zero-order chi connectivity index (χ0) is 14.6. The summed E-state index contributed by atoms with van der Waals surface area (Å²) in [7, 11) is 0. The summed E-state index contributed by atoms with van der Waals surface area (Å²) in [5, 5.41) is 0.688. The minimum Gasteiger partial charge on any atom is -0.492 e. The molecule has 0 fully saturated rings. The summed E-state index contributed by atoms with van der Waals surface area (Å²) in [6.45, 7) is 11.2. The number of hydrogen-bond acceptors (Lipinski definition) is 2. The minimum atomic E-state index is 0.000460. The molecule has 0 amide bonds. The summed E-state index contributed by atoms with van der Waals surface area (Å²) in [4.78, 5) is 0. The van der Waals surface area contributed by atoms with Gasteiger partial charge in [0, 0.05) is 11.6 Å². The lowest BCUT2D eigenvalue weighted by Gasteiger charge is -2.25. The molecule has 0 aliphatic carbocycles. The molecule has 0 saturated carbocycles. The van der Waals surface area contributed by atoms with Crippen LogP contribution < -0.4 is 10.5 Å². The zero-order valence-electron chi connectivity index (χ0n) is 12.7. The van der Waals surface area contributed by atoms with Crippen molar-refractivity contribution in [2.24, 2.45) is 5.73 Å². The summed E-state index contributed by atoms with van der Waals surface area (Å²) in [6, 6.07) is 4.35. The summed E-state index contributed by atoms with van der Waals surface area (Å²) < 4.78 is 5.72. The van der Waals surface area contributed by atoms with E-state index >= 15 is 0 Å². The molecule has 1 unspecified atom stereocenters. The third-order valence-electron chi connectivity index (χ3n) is 3.22. The summed E-state index contributed by atoms with van der Waals surface area (Å²) >= 11 is 6.38. The average molecular weight is 284 g/mol. The van der Waals surface area contributed by atoms with Crippen molar-refractivity contribution in [2.75, 3.05) is 6.61 Å². The SMILES string of the molecule is CCOc1c(Cl)cc(CC(N)CC)cc1C(C)(C)C. The maximum atomic E-state index is 6.38. The van der Waals surface area contributed by atoms with Gasteiger partial charge < -0.3 is 10.5 Å². The van der Waals surface area contributed by atoms with Crippen LogP contribution in [0.2, 0.25) is 5.02 Å². The highest BCUT2D eigenvalue weighted by Gasteiger charge is 2.22. The molecule has 19 heavy (non-hydrogen) atoms. The molecule has 0 bridgehead atoms. The molecule has 0 aromatic heterocycles. The standard InChI is InChI=1S/C16H26ClNO/c1-6-12(18)8-11-9-13(16(3,4)5)15(19-7-2)14(17)10-11/h9-10,12H,6-8,18H2,1-5H3. The molecular formula is C16H26ClNO. The largest absolute Gasteiger partial charge is 0.492 e. The van der Waals surface area contributed by atoms with Crippen LogP contribution in [-0.2, 0) is 11.8 Å². The molecule has 0 heterocycles. The van der Waals surface area contributed by atoms with Crippen molar-refractivity contribution in [3.63, 3.8) is 0 Å². The van der Waals surface area contributed by atoms with Crippen molar-refractivity contribution in [2.45, 2.75) is 58.9 Å². The smallest absolute Gasteiger partial charge is 0.141 e. The van der Waals surface area contributed by atoms with E-state index in [-0.39, 0.29) is 11.5 Å². The van der Waals surface area contributed by atoms with E-state index < -0.39 is 0 Å². The Balaban J connectivity index is 3.23. The van der Waals surface area contributed by atoms with Gasteiger partial charge in [-0.3, -0.25) is 0 Å². The van der Waals surface area contributed by atoms with E-state index in [1.807, 2.05) is 13.0 Å². The van der Waals surface area contributed by atoms with Crippen LogP contribution in [0.3, 0.4) is 0 Å². The van der Waals surface area contributed by atoms with Gasteiger partial charge >= 0.3 is 0 Å². The number of rotatable bonds is 5. The van der Waals surface area contributed by atoms with E-state index in [4.69, 9.17) is 22.1 Å². The molecule has 0 spiro atoms. The summed E-state index contributed by atoms with van der Waals surface area (Å²) in [6.07, 6.45) is 1.82. The third-order valence-corrected chi connectivity index (χ3v) is 3.50. The second-order valence-corrected chi connectivity index (χ2v) is 6.42. The van der Waals surface area contributed by atoms with E-state index in [2.05, 4.69) is 33.8 Å². The average Bonchev–Trinajstić information content (AvgIpc) is 2.30. The molecule has 1 aromatic carbocycles. The topological polar surface area (TPSA) is 35.2 Å². The summed E-state index contributed by atoms with van der Waals surface area (Å²) in [5.74, 6) is 0.811. The highest BCUT2D eigenvalue weighted by atomic mass is 35.5. The van der Waals surface area contributed by atoms with Crippen molar-refractivity contribution < 1.29 is 4.74 Å². The van der Waals surface area contributed by atoms with Crippen LogP contribution in [0.5, 0.6) is 5.75 Å². The van der Waals surface area contributed by atoms with Crippen LogP contribution >= 0.6 is 11.6 Å². The van der Waals surface area contributed by atoms with Crippen LogP contribution in [0, 0.1) is 0 Å². The molecular weight excluding hydrogens is 258 g/mol. The molecule has 0 saturated heterocycles. The fourth-order valence-corrected chi connectivity index (χ4v) is 2.36. The van der Waals surface area contributed by atoms with Crippen molar-refractivity contribution in [3.8, 4) is 5.75 Å². The molecule has 1 rings (SSSR count). The Bertz CT molecular complexity index is 423. The van der Waals surface area contributed by atoms with E-state index in [1.54, 1.807) is 0 Å². The summed E-state index contributed by atoms with van der Waals surface area (Å²) in [5.41, 5.74) is 8.38. The quantitative estimate of drug-likeness (QED) is 0.874. The number of benzene rings is 1. The molecule has 1 aromatic rings. The molecule has 0 radical (unpaired) electrons. The lowest BCUT2D eigenvalue weighted by Crippen LogP contribution is -2.22. The Kier molecular flexibility index (Phi) is 5.69. The van der Waals surface area contributed by atoms with Gasteiger partial charge in [0.05, 0.1) is 11.6 Å². The fraction of sp³-hybridized carbons (Fsp3) is 0.625. The highest BCUT2D eigenvalue weighted by Crippen LogP contribution is 2.38. The fourth-order valence-electron chi connectivity index (χ4n) is 2.06. The van der Waals surface area contributed by atoms with E-state index in [1.165, 1.54) is 5.56 Å². The van der Waals surface area contributed by atoms with Crippen LogP contribution in [0.4, 0.5) is 0 Å². The Hall–Kier alpha value is -0.730. The molecule has 0 aliphatic rings. The van der Waals surface area contributed by atoms with Crippen LogP contribution in [0.25, 0.3) is 0 Å². The van der Waals surface area contributed by atoms with Crippen LogP contribution in [-0.4, -0.2) is 12.6 Å². The van der Waals surface area contributed by atoms with Crippen molar-refractivity contribution in [1.82, 2.24) is 0 Å². The maximum absolute atomic E-state index is 6.38. The normalized spacial score (nSPS) is 13.4. The number of halogens is 1. The lowest BCUT2D eigenvalue weighted by atomic mass is 9.84. The van der Waals surface area contributed by atoms with Gasteiger partial charge in [-0.1, -0.05) is 45.4 Å². The van der Waals surface area contributed by atoms with Crippen LogP contribution in [0.1, 0.15) is 52.2 Å². The molecule has 1 atom stereocenters. The van der Waals surface area contributed by atoms with Gasteiger partial charge in [0.25, 0.3) is 0 Å². The first-order valence-electron chi connectivity index (χ1n) is 7.00.